The third-order valence-corrected chi connectivity index (χ3v) is 2.80. The highest BCUT2D eigenvalue weighted by Gasteiger charge is 2.34. The number of likely N-dealkylation sites (tertiary alicyclic amines) is 1. The van der Waals surface area contributed by atoms with Gasteiger partial charge in [-0.15, -0.1) is 0 Å². The summed E-state index contributed by atoms with van der Waals surface area (Å²) in [7, 11) is 1.44. The summed E-state index contributed by atoms with van der Waals surface area (Å²) in [6, 6.07) is -0.0909. The molecule has 1 aliphatic rings. The summed E-state index contributed by atoms with van der Waals surface area (Å²) in [6.45, 7) is 8.37. The third-order valence-electron chi connectivity index (χ3n) is 2.80. The third kappa shape index (κ3) is 2.44. The highest BCUT2D eigenvalue weighted by atomic mass is 16.5. The van der Waals surface area contributed by atoms with Crippen molar-refractivity contribution >= 4 is 5.97 Å². The number of carbonyl (C=O) groups is 1. The molecule has 1 unspecified atom stereocenters. The summed E-state index contributed by atoms with van der Waals surface area (Å²) >= 11 is 0. The van der Waals surface area contributed by atoms with Crippen LogP contribution in [0.4, 0.5) is 0 Å². The smallest absolute Gasteiger partial charge is 0.322 e. The van der Waals surface area contributed by atoms with Crippen LogP contribution in [0.3, 0.4) is 0 Å². The molecule has 3 nitrogen and oxygen atoms in total. The lowest BCUT2D eigenvalue weighted by atomic mass is 9.93. The average Bonchev–Trinajstić information content (AvgIpc) is 2.43. The molecule has 13 heavy (non-hydrogen) atoms. The largest absolute Gasteiger partial charge is 0.468 e. The molecule has 0 amide bonds. The topological polar surface area (TPSA) is 29.5 Å². The first-order valence-electron chi connectivity index (χ1n) is 4.78. The van der Waals surface area contributed by atoms with Gasteiger partial charge in [0.1, 0.15) is 6.04 Å². The second-order valence-electron chi connectivity index (χ2n) is 4.58. The maximum atomic E-state index is 11.2. The van der Waals surface area contributed by atoms with E-state index in [4.69, 9.17) is 4.74 Å². The molecule has 0 N–H and O–H groups in total. The van der Waals surface area contributed by atoms with Crippen molar-refractivity contribution in [2.45, 2.75) is 33.2 Å². The lowest BCUT2D eigenvalue weighted by Gasteiger charge is -2.23. The molecule has 1 heterocycles. The predicted molar refractivity (Wildman–Crippen MR) is 51.4 cm³/mol. The zero-order chi connectivity index (χ0) is 10.1. The Morgan fingerprint density at radius 3 is 2.54 bits per heavy atom. The lowest BCUT2D eigenvalue weighted by Crippen LogP contribution is -2.38. The molecule has 0 spiro atoms. The minimum atomic E-state index is -0.127. The van der Waals surface area contributed by atoms with Gasteiger partial charge in [-0.25, -0.2) is 0 Å². The molecule has 1 saturated heterocycles. The highest BCUT2D eigenvalue weighted by Crippen LogP contribution is 2.30. The van der Waals surface area contributed by atoms with Gasteiger partial charge in [-0.05, 0) is 25.3 Å². The molecular weight excluding hydrogens is 166 g/mol. The lowest BCUT2D eigenvalue weighted by molar-refractivity contribution is -0.146. The van der Waals surface area contributed by atoms with Gasteiger partial charge in [-0.3, -0.25) is 9.69 Å². The van der Waals surface area contributed by atoms with Crippen molar-refractivity contribution in [2.75, 3.05) is 20.2 Å². The molecule has 0 aliphatic carbocycles. The van der Waals surface area contributed by atoms with Crippen molar-refractivity contribution in [3.63, 3.8) is 0 Å². The SMILES string of the molecule is COC(=O)C(C)N1CCC(C)(C)C1. The van der Waals surface area contributed by atoms with Crippen LogP contribution in [0.15, 0.2) is 0 Å². The minimum absolute atomic E-state index is 0.0909. The van der Waals surface area contributed by atoms with Crippen LogP contribution in [0.1, 0.15) is 27.2 Å². The molecule has 0 aromatic rings. The minimum Gasteiger partial charge on any atom is -0.468 e. The van der Waals surface area contributed by atoms with E-state index in [0.29, 0.717) is 5.41 Å². The van der Waals surface area contributed by atoms with Crippen molar-refractivity contribution < 1.29 is 9.53 Å². The second-order valence-corrected chi connectivity index (χ2v) is 4.58. The van der Waals surface area contributed by atoms with Gasteiger partial charge in [0, 0.05) is 6.54 Å². The molecule has 0 bridgehead atoms. The fourth-order valence-corrected chi connectivity index (χ4v) is 1.80. The highest BCUT2D eigenvalue weighted by molar-refractivity contribution is 5.75. The van der Waals surface area contributed by atoms with Crippen LogP contribution < -0.4 is 0 Å². The van der Waals surface area contributed by atoms with Crippen LogP contribution in [-0.2, 0) is 9.53 Å². The number of hydrogen-bond donors (Lipinski definition) is 0. The van der Waals surface area contributed by atoms with Gasteiger partial charge < -0.3 is 4.74 Å². The van der Waals surface area contributed by atoms with Gasteiger partial charge in [0.15, 0.2) is 0 Å². The number of rotatable bonds is 2. The molecule has 1 fully saturated rings. The zero-order valence-electron chi connectivity index (χ0n) is 8.96. The summed E-state index contributed by atoms with van der Waals surface area (Å²) in [5.74, 6) is -0.127. The van der Waals surface area contributed by atoms with Gasteiger partial charge >= 0.3 is 5.97 Å². The Balaban J connectivity index is 2.51. The van der Waals surface area contributed by atoms with E-state index < -0.39 is 0 Å². The number of methoxy groups -OCH3 is 1. The van der Waals surface area contributed by atoms with Crippen LogP contribution in [0.2, 0.25) is 0 Å². The van der Waals surface area contributed by atoms with E-state index >= 15 is 0 Å². The fraction of sp³-hybridized carbons (Fsp3) is 0.900. The maximum absolute atomic E-state index is 11.2. The van der Waals surface area contributed by atoms with E-state index in [-0.39, 0.29) is 12.0 Å². The summed E-state index contributed by atoms with van der Waals surface area (Å²) in [4.78, 5) is 13.4. The first-order chi connectivity index (χ1) is 5.96. The number of esters is 1. The Morgan fingerprint density at radius 1 is 1.54 bits per heavy atom. The Morgan fingerprint density at radius 2 is 2.15 bits per heavy atom. The fourth-order valence-electron chi connectivity index (χ4n) is 1.80. The monoisotopic (exact) mass is 185 g/mol. The van der Waals surface area contributed by atoms with Gasteiger partial charge in [-0.1, -0.05) is 13.8 Å². The first-order valence-corrected chi connectivity index (χ1v) is 4.78. The number of nitrogens with zero attached hydrogens (tertiary/aromatic N) is 1. The Kier molecular flexibility index (Phi) is 2.96. The molecular formula is C10H19NO2. The van der Waals surface area contributed by atoms with Gasteiger partial charge in [0.2, 0.25) is 0 Å². The molecule has 76 valence electrons. The Labute approximate surface area is 80.1 Å². The normalized spacial score (nSPS) is 24.3. The van der Waals surface area contributed by atoms with Gasteiger partial charge in [0.05, 0.1) is 7.11 Å². The van der Waals surface area contributed by atoms with E-state index in [2.05, 4.69) is 18.7 Å². The Hall–Kier alpha value is -0.570. The van der Waals surface area contributed by atoms with E-state index in [1.807, 2.05) is 6.92 Å². The van der Waals surface area contributed by atoms with Crippen LogP contribution in [0.25, 0.3) is 0 Å². The van der Waals surface area contributed by atoms with E-state index in [1.54, 1.807) is 0 Å². The standard InChI is InChI=1S/C10H19NO2/c1-8(9(12)13-4)11-6-5-10(2,3)7-11/h8H,5-7H2,1-4H3. The van der Waals surface area contributed by atoms with Crippen molar-refractivity contribution in [3.8, 4) is 0 Å². The van der Waals surface area contributed by atoms with Gasteiger partial charge in [-0.2, -0.15) is 0 Å². The molecule has 3 heteroatoms. The average molecular weight is 185 g/mol. The second kappa shape index (κ2) is 3.66. The summed E-state index contributed by atoms with van der Waals surface area (Å²) in [6.07, 6.45) is 1.16. The molecule has 1 aliphatic heterocycles. The van der Waals surface area contributed by atoms with Gasteiger partial charge in [0.25, 0.3) is 0 Å². The number of hydrogen-bond acceptors (Lipinski definition) is 3. The quantitative estimate of drug-likeness (QED) is 0.607. The number of ether oxygens (including phenoxy) is 1. The molecule has 0 saturated carbocycles. The summed E-state index contributed by atoms with van der Waals surface area (Å²) < 4.78 is 4.71. The van der Waals surface area contributed by atoms with E-state index in [1.165, 1.54) is 7.11 Å². The molecule has 0 radical (unpaired) electrons. The molecule has 0 aromatic heterocycles. The summed E-state index contributed by atoms with van der Waals surface area (Å²) in [5, 5.41) is 0. The molecule has 1 atom stereocenters. The Bertz CT molecular complexity index is 201. The van der Waals surface area contributed by atoms with Crippen LogP contribution in [0, 0.1) is 5.41 Å². The van der Waals surface area contributed by atoms with E-state index in [9.17, 15) is 4.79 Å². The molecule has 1 rings (SSSR count). The summed E-state index contributed by atoms with van der Waals surface area (Å²) in [5.41, 5.74) is 0.349. The van der Waals surface area contributed by atoms with Crippen LogP contribution >= 0.6 is 0 Å². The predicted octanol–water partition coefficient (Wildman–Crippen LogP) is 1.28. The van der Waals surface area contributed by atoms with E-state index in [0.717, 1.165) is 19.5 Å². The van der Waals surface area contributed by atoms with Crippen molar-refractivity contribution in [3.05, 3.63) is 0 Å². The first kappa shape index (κ1) is 10.5. The maximum Gasteiger partial charge on any atom is 0.322 e. The van der Waals surface area contributed by atoms with Crippen LogP contribution in [0.5, 0.6) is 0 Å². The van der Waals surface area contributed by atoms with Crippen molar-refractivity contribution in [2.24, 2.45) is 5.41 Å². The van der Waals surface area contributed by atoms with Crippen LogP contribution in [-0.4, -0.2) is 37.1 Å². The molecule has 0 aromatic carbocycles. The van der Waals surface area contributed by atoms with Crippen molar-refractivity contribution in [1.29, 1.82) is 0 Å². The number of carbonyl (C=O) groups excluding carboxylic acids is 1. The van der Waals surface area contributed by atoms with Crippen molar-refractivity contribution in [1.82, 2.24) is 4.90 Å². The zero-order valence-corrected chi connectivity index (χ0v) is 8.96.